The van der Waals surface area contributed by atoms with Gasteiger partial charge in [-0.05, 0) is 98.4 Å². The molecule has 7 aromatic carbocycles. The van der Waals surface area contributed by atoms with Crippen molar-refractivity contribution in [2.75, 3.05) is 4.90 Å². The molecular formula is C62H63N3OPt. The number of hydrogen-bond acceptors (Lipinski definition) is 3. The molecule has 8 aromatic rings. The minimum Gasteiger partial charge on any atom is -0.703 e. The van der Waals surface area contributed by atoms with Crippen LogP contribution < -0.4 is 4.90 Å². The van der Waals surface area contributed by atoms with Gasteiger partial charge >= 0.3 is 21.1 Å². The van der Waals surface area contributed by atoms with E-state index in [0.717, 1.165) is 79.1 Å². The van der Waals surface area contributed by atoms with Crippen LogP contribution in [-0.4, -0.2) is 10.1 Å². The van der Waals surface area contributed by atoms with Gasteiger partial charge in [-0.15, -0.1) is 35.0 Å². The normalized spacial score (nSPS) is 11.6. The summed E-state index contributed by atoms with van der Waals surface area (Å²) in [7, 11) is 0. The number of phenols is 1. The molecule has 2 N–H and O–H groups in total. The summed E-state index contributed by atoms with van der Waals surface area (Å²) in [5.74, 6) is 1.22. The van der Waals surface area contributed by atoms with Crippen molar-refractivity contribution in [3.63, 3.8) is 0 Å². The van der Waals surface area contributed by atoms with Gasteiger partial charge in [0.2, 0.25) is 0 Å². The van der Waals surface area contributed by atoms with E-state index < -0.39 is 0 Å². The molecule has 0 amide bonds. The Morgan fingerprint density at radius 1 is 0.597 bits per heavy atom. The van der Waals surface area contributed by atoms with Crippen LogP contribution in [0.4, 0.5) is 17.1 Å². The summed E-state index contributed by atoms with van der Waals surface area (Å²) in [6.45, 7) is 20.2. The van der Waals surface area contributed by atoms with Crippen LogP contribution in [0.1, 0.15) is 102 Å². The molecule has 0 saturated carbocycles. The van der Waals surface area contributed by atoms with Gasteiger partial charge in [0.25, 0.3) is 0 Å². The van der Waals surface area contributed by atoms with Crippen LogP contribution in [0, 0.1) is 12.0 Å². The Balaban J connectivity index is 0.00000666. The maximum atomic E-state index is 12.1. The molecule has 67 heavy (non-hydrogen) atoms. The van der Waals surface area contributed by atoms with Crippen molar-refractivity contribution in [1.29, 1.82) is 0 Å². The Labute approximate surface area is 414 Å². The minimum atomic E-state index is -0.190. The quantitative estimate of drug-likeness (QED) is 0.117. The van der Waals surface area contributed by atoms with Crippen LogP contribution in [0.5, 0.6) is 5.75 Å². The zero-order valence-electron chi connectivity index (χ0n) is 40.4. The van der Waals surface area contributed by atoms with Crippen molar-refractivity contribution < 1.29 is 26.2 Å². The van der Waals surface area contributed by atoms with Crippen LogP contribution in [0.25, 0.3) is 61.5 Å². The van der Waals surface area contributed by atoms with Gasteiger partial charge in [0.05, 0.1) is 6.54 Å². The molecule has 5 heteroatoms. The number of nitrogens with zero attached hydrogens (tertiary/aromatic N) is 2. The van der Waals surface area contributed by atoms with E-state index in [-0.39, 0.29) is 38.3 Å². The number of phenolic OH excluding ortho intramolecular Hbond substituents is 1. The average molecular weight is 1060 g/mol. The fraction of sp³-hybridized carbons (Fsp3) is 0.242. The van der Waals surface area contributed by atoms with Gasteiger partial charge in [0.1, 0.15) is 5.75 Å². The van der Waals surface area contributed by atoms with E-state index in [1.165, 1.54) is 22.3 Å². The van der Waals surface area contributed by atoms with E-state index in [0.29, 0.717) is 23.9 Å². The molecule has 0 aliphatic heterocycles. The van der Waals surface area contributed by atoms with Crippen LogP contribution in [0.15, 0.2) is 164 Å². The third-order valence-electron chi connectivity index (χ3n) is 12.7. The third kappa shape index (κ3) is 11.0. The Morgan fingerprint density at radius 3 is 1.85 bits per heavy atom. The van der Waals surface area contributed by atoms with Crippen LogP contribution in [-0.2, 0) is 39.4 Å². The Hall–Kier alpha value is -6.22. The van der Waals surface area contributed by atoms with Crippen molar-refractivity contribution >= 4 is 17.1 Å². The third-order valence-corrected chi connectivity index (χ3v) is 12.7. The molecule has 342 valence electrons. The molecule has 0 spiro atoms. The van der Waals surface area contributed by atoms with E-state index in [9.17, 15) is 10.8 Å². The molecule has 4 nitrogen and oxygen atoms in total. The first-order valence-electron chi connectivity index (χ1n) is 23.5. The first kappa shape index (κ1) is 48.7. The summed E-state index contributed by atoms with van der Waals surface area (Å²) in [6, 6.07) is 59.3. The smallest absolute Gasteiger partial charge is 0.703 e. The fourth-order valence-corrected chi connectivity index (χ4v) is 8.89. The standard InChI is InChI=1S/C62H63N3O.Pt/c1-40(2)31-43-23-28-58(56(32-43)47-19-14-11-15-20-47)65(39-52-33-49(41(3)4)37-55(42(5)6)61(52)66)59-22-16-21-54(60(59)63)50-34-51(36-53(35-50)62(7,8)9)57-38-48(29-30-64-57)46-26-24-45(25-27-46)44-17-12-10-13-18-44;/h10-30,32-33,35-38,40-42,63,66H,31,39H2,1-9H3;/q-2;+2. The summed E-state index contributed by atoms with van der Waals surface area (Å²) in [4.78, 5) is 7.16. The topological polar surface area (TPSA) is 60.2 Å². The van der Waals surface area contributed by atoms with Gasteiger partial charge in [0, 0.05) is 34.4 Å². The van der Waals surface area contributed by atoms with Crippen LogP contribution in [0.3, 0.4) is 0 Å². The van der Waals surface area contributed by atoms with Gasteiger partial charge in [-0.1, -0.05) is 195 Å². The van der Waals surface area contributed by atoms with E-state index >= 15 is 0 Å². The van der Waals surface area contributed by atoms with Crippen molar-refractivity contribution in [1.82, 2.24) is 4.98 Å². The van der Waals surface area contributed by atoms with Gasteiger partial charge in [-0.25, -0.2) is 0 Å². The summed E-state index contributed by atoms with van der Waals surface area (Å²) < 4.78 is 0. The van der Waals surface area contributed by atoms with Crippen LogP contribution in [0.2, 0.25) is 0 Å². The fourth-order valence-electron chi connectivity index (χ4n) is 8.89. The molecule has 0 radical (unpaired) electrons. The van der Waals surface area contributed by atoms with Crippen molar-refractivity contribution in [3.8, 4) is 61.5 Å². The maximum absolute atomic E-state index is 12.1. The predicted molar refractivity (Wildman–Crippen MR) is 280 cm³/mol. The number of hydrogen-bond donors (Lipinski definition) is 1. The number of anilines is 2. The maximum Gasteiger partial charge on any atom is 2.00 e. The summed E-state index contributed by atoms with van der Waals surface area (Å²) in [6.07, 6.45) is 2.83. The molecular weight excluding hydrogens is 998 g/mol. The van der Waals surface area contributed by atoms with Crippen molar-refractivity contribution in [2.24, 2.45) is 5.92 Å². The van der Waals surface area contributed by atoms with Crippen LogP contribution >= 0.6 is 0 Å². The summed E-state index contributed by atoms with van der Waals surface area (Å²) >= 11 is 0. The molecule has 0 bridgehead atoms. The number of benzene rings is 7. The summed E-state index contributed by atoms with van der Waals surface area (Å²) in [5.41, 5.74) is 27.6. The molecule has 8 rings (SSSR count). The second-order valence-corrected chi connectivity index (χ2v) is 19.8. The SMILES string of the molecule is CC(C)Cc1ccc(N(Cc2cc(C(C)C)cc(C(C)C)c2O)c2cccc(-c3[c-]c(-c4cc(-c5ccc(-c6ccccc6)cc5)ccn4)cc(C(C)(C)C)c3)c2[NH-])c(-c2ccccc2)c1.[Pt+2]. The average Bonchev–Trinajstić information content (AvgIpc) is 3.31. The van der Waals surface area contributed by atoms with E-state index in [1.807, 2.05) is 18.3 Å². The Kier molecular flexibility index (Phi) is 15.1. The number of pyridine rings is 1. The Morgan fingerprint density at radius 2 is 1.22 bits per heavy atom. The zero-order valence-corrected chi connectivity index (χ0v) is 42.7. The number of rotatable bonds is 13. The minimum absolute atomic E-state index is 0. The van der Waals surface area contributed by atoms with Crippen molar-refractivity contribution in [3.05, 3.63) is 204 Å². The number of aromatic hydroxyl groups is 1. The zero-order chi connectivity index (χ0) is 46.7. The van der Waals surface area contributed by atoms with E-state index in [4.69, 9.17) is 4.98 Å². The first-order valence-corrected chi connectivity index (χ1v) is 23.5. The van der Waals surface area contributed by atoms with E-state index in [1.54, 1.807) is 0 Å². The molecule has 0 aliphatic carbocycles. The largest absolute Gasteiger partial charge is 2.00 e. The monoisotopic (exact) mass is 1060 g/mol. The molecule has 0 unspecified atom stereocenters. The molecule has 0 aliphatic rings. The second-order valence-electron chi connectivity index (χ2n) is 19.8. The number of nitrogens with one attached hydrogen (secondary N) is 1. The first-order chi connectivity index (χ1) is 31.6. The predicted octanol–water partition coefficient (Wildman–Crippen LogP) is 17.7. The van der Waals surface area contributed by atoms with Gasteiger partial charge < -0.3 is 15.7 Å². The summed E-state index contributed by atoms with van der Waals surface area (Å²) in [5, 5.41) is 12.1. The van der Waals surface area contributed by atoms with Gasteiger partial charge in [-0.3, -0.25) is 4.98 Å². The number of aromatic nitrogens is 1. The van der Waals surface area contributed by atoms with E-state index in [2.05, 4.69) is 219 Å². The molecule has 0 fully saturated rings. The van der Waals surface area contributed by atoms with Gasteiger partial charge in [0.15, 0.2) is 0 Å². The van der Waals surface area contributed by atoms with Gasteiger partial charge in [-0.2, -0.15) is 0 Å². The molecule has 0 saturated heterocycles. The van der Waals surface area contributed by atoms with Crippen molar-refractivity contribution in [2.45, 2.75) is 92.5 Å². The molecule has 1 aromatic heterocycles. The Bertz CT molecular complexity index is 2950. The molecule has 1 heterocycles. The molecule has 0 atom stereocenters. The second kappa shape index (κ2) is 20.7.